The number of hydrogen-bond donors (Lipinski definition) is 0. The Labute approximate surface area is 146 Å². The highest BCUT2D eigenvalue weighted by Crippen LogP contribution is 2.26. The predicted octanol–water partition coefficient (Wildman–Crippen LogP) is 4.49. The van der Waals surface area contributed by atoms with Crippen LogP contribution in [-0.2, 0) is 16.1 Å². The van der Waals surface area contributed by atoms with Crippen LogP contribution in [0.5, 0.6) is 0 Å². The van der Waals surface area contributed by atoms with Gasteiger partial charge in [0.15, 0.2) is 0 Å². The molecule has 0 N–H and O–H groups in total. The van der Waals surface area contributed by atoms with Gasteiger partial charge in [-0.3, -0.25) is 9.78 Å². The molecule has 0 unspecified atom stereocenters. The standard InChI is InChI=1S/C20H21FN2O2/c1-13-11-23(12-18(24)25-20(2,3)4)17-9-15(10-22-19(13)17)14-5-7-16(21)8-6-14/h5-11H,12H2,1-4H3. The van der Waals surface area contributed by atoms with Gasteiger partial charge in [0.1, 0.15) is 18.0 Å². The first kappa shape index (κ1) is 17.1. The number of aromatic nitrogens is 2. The Balaban J connectivity index is 1.98. The van der Waals surface area contributed by atoms with E-state index in [1.807, 2.05) is 44.5 Å². The van der Waals surface area contributed by atoms with Crippen LogP contribution in [0, 0.1) is 12.7 Å². The number of ether oxygens (including phenoxy) is 1. The number of carbonyl (C=O) groups is 1. The number of fused-ring (bicyclic) bond motifs is 1. The van der Waals surface area contributed by atoms with E-state index in [0.29, 0.717) is 0 Å². The number of pyridine rings is 1. The van der Waals surface area contributed by atoms with Crippen molar-refractivity contribution in [1.29, 1.82) is 0 Å². The average molecular weight is 340 g/mol. The van der Waals surface area contributed by atoms with Gasteiger partial charge in [0.05, 0.1) is 11.0 Å². The van der Waals surface area contributed by atoms with Gasteiger partial charge in [-0.05, 0) is 57.0 Å². The molecule has 0 atom stereocenters. The van der Waals surface area contributed by atoms with Gasteiger partial charge in [-0.15, -0.1) is 0 Å². The van der Waals surface area contributed by atoms with Crippen LogP contribution < -0.4 is 0 Å². The summed E-state index contributed by atoms with van der Waals surface area (Å²) in [7, 11) is 0. The minimum Gasteiger partial charge on any atom is -0.459 e. The first-order valence-corrected chi connectivity index (χ1v) is 8.16. The number of carbonyl (C=O) groups excluding carboxylic acids is 1. The Morgan fingerprint density at radius 2 is 1.88 bits per heavy atom. The molecule has 130 valence electrons. The molecule has 0 fully saturated rings. The summed E-state index contributed by atoms with van der Waals surface area (Å²) in [6.07, 6.45) is 3.66. The maximum atomic E-state index is 13.1. The van der Waals surface area contributed by atoms with Crippen LogP contribution in [0.2, 0.25) is 0 Å². The lowest BCUT2D eigenvalue weighted by atomic mass is 10.1. The third-order valence-corrected chi connectivity index (χ3v) is 3.80. The molecule has 3 aromatic rings. The highest BCUT2D eigenvalue weighted by Gasteiger charge is 2.18. The molecule has 5 heteroatoms. The van der Waals surface area contributed by atoms with Crippen molar-refractivity contribution in [3.05, 3.63) is 54.1 Å². The zero-order valence-electron chi connectivity index (χ0n) is 14.8. The highest BCUT2D eigenvalue weighted by atomic mass is 19.1. The Kier molecular flexibility index (Phi) is 4.33. The number of rotatable bonds is 3. The van der Waals surface area contributed by atoms with Crippen molar-refractivity contribution in [1.82, 2.24) is 9.55 Å². The van der Waals surface area contributed by atoms with Gasteiger partial charge in [-0.2, -0.15) is 0 Å². The van der Waals surface area contributed by atoms with Crippen LogP contribution in [0.4, 0.5) is 4.39 Å². The largest absolute Gasteiger partial charge is 0.459 e. The second-order valence-electron chi connectivity index (χ2n) is 7.13. The van der Waals surface area contributed by atoms with E-state index in [2.05, 4.69) is 4.98 Å². The number of benzene rings is 1. The summed E-state index contributed by atoms with van der Waals surface area (Å²) in [5.74, 6) is -0.571. The third-order valence-electron chi connectivity index (χ3n) is 3.80. The zero-order chi connectivity index (χ0) is 18.2. The van der Waals surface area contributed by atoms with Crippen molar-refractivity contribution in [2.45, 2.75) is 39.8 Å². The normalized spacial score (nSPS) is 11.7. The first-order valence-electron chi connectivity index (χ1n) is 8.16. The van der Waals surface area contributed by atoms with E-state index < -0.39 is 5.60 Å². The minimum absolute atomic E-state index is 0.121. The first-order chi connectivity index (χ1) is 11.7. The van der Waals surface area contributed by atoms with E-state index in [-0.39, 0.29) is 18.3 Å². The number of hydrogen-bond acceptors (Lipinski definition) is 3. The van der Waals surface area contributed by atoms with Crippen molar-refractivity contribution in [3.8, 4) is 11.1 Å². The molecule has 0 spiro atoms. The third kappa shape index (κ3) is 3.87. The fourth-order valence-corrected chi connectivity index (χ4v) is 2.78. The number of esters is 1. The Bertz CT molecular complexity index is 921. The second-order valence-corrected chi connectivity index (χ2v) is 7.13. The predicted molar refractivity (Wildman–Crippen MR) is 95.7 cm³/mol. The van der Waals surface area contributed by atoms with E-state index in [4.69, 9.17) is 4.74 Å². The minimum atomic E-state index is -0.521. The van der Waals surface area contributed by atoms with Crippen molar-refractivity contribution in [3.63, 3.8) is 0 Å². The average Bonchev–Trinajstić information content (AvgIpc) is 2.82. The van der Waals surface area contributed by atoms with Crippen LogP contribution in [0.3, 0.4) is 0 Å². The summed E-state index contributed by atoms with van der Waals surface area (Å²) in [5.41, 5.74) is 3.91. The van der Waals surface area contributed by atoms with Gasteiger partial charge < -0.3 is 9.30 Å². The molecule has 4 nitrogen and oxygen atoms in total. The van der Waals surface area contributed by atoms with Gasteiger partial charge in [0.2, 0.25) is 0 Å². The van der Waals surface area contributed by atoms with Gasteiger partial charge in [-0.25, -0.2) is 4.39 Å². The molecule has 2 aromatic heterocycles. The maximum absolute atomic E-state index is 13.1. The summed E-state index contributed by atoms with van der Waals surface area (Å²) in [6, 6.07) is 8.24. The molecule has 1 aromatic carbocycles. The lowest BCUT2D eigenvalue weighted by Crippen LogP contribution is -2.26. The van der Waals surface area contributed by atoms with Crippen LogP contribution in [0.25, 0.3) is 22.2 Å². The fourth-order valence-electron chi connectivity index (χ4n) is 2.78. The highest BCUT2D eigenvalue weighted by molar-refractivity contribution is 5.85. The van der Waals surface area contributed by atoms with E-state index in [9.17, 15) is 9.18 Å². The molecule has 0 aliphatic carbocycles. The Hall–Kier alpha value is -2.69. The molecule has 0 amide bonds. The van der Waals surface area contributed by atoms with E-state index in [1.54, 1.807) is 18.3 Å². The van der Waals surface area contributed by atoms with Crippen molar-refractivity contribution in [2.24, 2.45) is 0 Å². The van der Waals surface area contributed by atoms with Crippen molar-refractivity contribution in [2.75, 3.05) is 0 Å². The van der Waals surface area contributed by atoms with E-state index >= 15 is 0 Å². The fraction of sp³-hybridized carbons (Fsp3) is 0.300. The van der Waals surface area contributed by atoms with Crippen molar-refractivity contribution >= 4 is 17.0 Å². The molecule has 2 heterocycles. The van der Waals surface area contributed by atoms with Crippen LogP contribution in [-0.4, -0.2) is 21.1 Å². The van der Waals surface area contributed by atoms with Gasteiger partial charge >= 0.3 is 5.97 Å². The summed E-state index contributed by atoms with van der Waals surface area (Å²) in [4.78, 5) is 16.7. The summed E-state index contributed by atoms with van der Waals surface area (Å²) >= 11 is 0. The van der Waals surface area contributed by atoms with Crippen LogP contribution in [0.15, 0.2) is 42.7 Å². The zero-order valence-corrected chi connectivity index (χ0v) is 14.8. The number of halogens is 1. The molecule has 0 saturated carbocycles. The molecule has 0 aliphatic rings. The summed E-state index contributed by atoms with van der Waals surface area (Å²) in [5, 5.41) is 0. The lowest BCUT2D eigenvalue weighted by Gasteiger charge is -2.19. The molecule has 3 rings (SSSR count). The van der Waals surface area contributed by atoms with Crippen LogP contribution >= 0.6 is 0 Å². The Morgan fingerprint density at radius 3 is 2.52 bits per heavy atom. The van der Waals surface area contributed by atoms with Crippen LogP contribution in [0.1, 0.15) is 26.3 Å². The Morgan fingerprint density at radius 1 is 1.20 bits per heavy atom. The summed E-state index contributed by atoms with van der Waals surface area (Å²) < 4.78 is 20.4. The lowest BCUT2D eigenvalue weighted by molar-refractivity contribution is -0.155. The van der Waals surface area contributed by atoms with Gasteiger partial charge in [0.25, 0.3) is 0 Å². The van der Waals surface area contributed by atoms with E-state index in [0.717, 1.165) is 27.7 Å². The quantitative estimate of drug-likeness (QED) is 0.660. The second kappa shape index (κ2) is 6.31. The molecule has 0 saturated heterocycles. The SMILES string of the molecule is Cc1cn(CC(=O)OC(C)(C)C)c2cc(-c3ccc(F)cc3)cnc12. The maximum Gasteiger partial charge on any atom is 0.326 e. The van der Waals surface area contributed by atoms with Gasteiger partial charge in [-0.1, -0.05) is 12.1 Å². The number of aryl methyl sites for hydroxylation is 1. The molecular formula is C20H21FN2O2. The van der Waals surface area contributed by atoms with E-state index in [1.165, 1.54) is 12.1 Å². The summed E-state index contributed by atoms with van der Waals surface area (Å²) in [6.45, 7) is 7.61. The molecule has 0 aliphatic heterocycles. The molecule has 0 bridgehead atoms. The molecule has 0 radical (unpaired) electrons. The monoisotopic (exact) mass is 340 g/mol. The topological polar surface area (TPSA) is 44.1 Å². The number of nitrogens with zero attached hydrogens (tertiary/aromatic N) is 2. The van der Waals surface area contributed by atoms with Gasteiger partial charge in [0, 0.05) is 18.0 Å². The smallest absolute Gasteiger partial charge is 0.326 e. The molecule has 25 heavy (non-hydrogen) atoms. The molecular weight excluding hydrogens is 319 g/mol. The van der Waals surface area contributed by atoms with Crippen molar-refractivity contribution < 1.29 is 13.9 Å².